The van der Waals surface area contributed by atoms with Crippen molar-refractivity contribution in [3.05, 3.63) is 59.4 Å². The highest BCUT2D eigenvalue weighted by atomic mass is 32.2. The lowest BCUT2D eigenvalue weighted by molar-refractivity contribution is -0.121. The Morgan fingerprint density at radius 3 is 2.33 bits per heavy atom. The third kappa shape index (κ3) is 8.30. The fraction of sp³-hybridized carbons (Fsp3) is 0.391. The first-order chi connectivity index (χ1) is 15.8. The number of unbranched alkanes of at least 4 members (excludes halogenated alkanes) is 3. The number of sulfonamides is 1. The van der Waals surface area contributed by atoms with Crippen LogP contribution in [0.2, 0.25) is 0 Å². The molecule has 1 aromatic heterocycles. The molecule has 2 rings (SSSR count). The van der Waals surface area contributed by atoms with E-state index >= 15 is 0 Å². The first-order valence-corrected chi connectivity index (χ1v) is 12.2. The zero-order valence-electron chi connectivity index (χ0n) is 18.8. The lowest BCUT2D eigenvalue weighted by Gasteiger charge is -2.09. The lowest BCUT2D eigenvalue weighted by Crippen LogP contribution is -2.30. The molecule has 0 aliphatic rings. The predicted molar refractivity (Wildman–Crippen MR) is 122 cm³/mol. The second-order valence-electron chi connectivity index (χ2n) is 7.41. The maximum Gasteiger partial charge on any atom is 0.356 e. The average Bonchev–Trinajstić information content (AvgIpc) is 2.81. The number of methoxy groups -OCH3 is 1. The first-order valence-electron chi connectivity index (χ1n) is 10.7. The van der Waals surface area contributed by atoms with Crippen LogP contribution >= 0.6 is 0 Å². The van der Waals surface area contributed by atoms with Crippen molar-refractivity contribution < 1.29 is 27.5 Å². The molecule has 0 spiro atoms. The van der Waals surface area contributed by atoms with Crippen molar-refractivity contribution in [3.63, 3.8) is 0 Å². The monoisotopic (exact) mass is 475 g/mol. The number of nitrogens with one attached hydrogen (secondary N) is 2. The molecule has 1 aromatic carbocycles. The van der Waals surface area contributed by atoms with Gasteiger partial charge in [0.2, 0.25) is 5.91 Å². The summed E-state index contributed by atoms with van der Waals surface area (Å²) in [5.74, 6) is -1.52. The molecule has 0 bridgehead atoms. The Morgan fingerprint density at radius 1 is 1.00 bits per heavy atom. The number of rotatable bonds is 12. The SMILES string of the molecule is CCCCCCC(=O)NCCc1ccc(S(=O)(=O)NC(=O)c2ccc(C(=O)OC)nc2)cc1. The highest BCUT2D eigenvalue weighted by Gasteiger charge is 2.19. The Morgan fingerprint density at radius 2 is 1.73 bits per heavy atom. The van der Waals surface area contributed by atoms with Crippen LogP contribution in [-0.2, 0) is 26.0 Å². The molecule has 0 aliphatic heterocycles. The Labute approximate surface area is 194 Å². The molecule has 9 nitrogen and oxygen atoms in total. The van der Waals surface area contributed by atoms with Crippen molar-refractivity contribution in [3.8, 4) is 0 Å². The van der Waals surface area contributed by atoms with Gasteiger partial charge >= 0.3 is 5.97 Å². The number of nitrogens with zero attached hydrogens (tertiary/aromatic N) is 1. The van der Waals surface area contributed by atoms with E-state index in [4.69, 9.17) is 0 Å². The minimum Gasteiger partial charge on any atom is -0.464 e. The second kappa shape index (κ2) is 12.7. The Hall–Kier alpha value is -3.27. The zero-order valence-corrected chi connectivity index (χ0v) is 19.6. The van der Waals surface area contributed by atoms with E-state index in [9.17, 15) is 22.8 Å². The number of carbonyl (C=O) groups excluding carboxylic acids is 3. The fourth-order valence-corrected chi connectivity index (χ4v) is 3.95. The first kappa shape index (κ1) is 26.0. The van der Waals surface area contributed by atoms with Gasteiger partial charge in [0.15, 0.2) is 0 Å². The van der Waals surface area contributed by atoms with Crippen molar-refractivity contribution in [2.45, 2.75) is 50.3 Å². The molecule has 2 N–H and O–H groups in total. The van der Waals surface area contributed by atoms with Gasteiger partial charge < -0.3 is 10.1 Å². The fourth-order valence-electron chi connectivity index (χ4n) is 2.98. The molecule has 0 saturated heterocycles. The van der Waals surface area contributed by atoms with E-state index in [1.165, 1.54) is 31.4 Å². The largest absolute Gasteiger partial charge is 0.464 e. The lowest BCUT2D eigenvalue weighted by atomic mass is 10.1. The summed E-state index contributed by atoms with van der Waals surface area (Å²) in [5, 5.41) is 2.86. The summed E-state index contributed by atoms with van der Waals surface area (Å²) in [7, 11) is -2.89. The van der Waals surface area contributed by atoms with Crippen LogP contribution in [0.4, 0.5) is 0 Å². The molecular formula is C23H29N3O6S. The molecule has 0 aliphatic carbocycles. The third-order valence-corrected chi connectivity index (χ3v) is 6.22. The number of hydrogen-bond acceptors (Lipinski definition) is 7. The van der Waals surface area contributed by atoms with Gasteiger partial charge in [0.1, 0.15) is 5.69 Å². The van der Waals surface area contributed by atoms with Gasteiger partial charge in [-0.25, -0.2) is 22.9 Å². The molecule has 0 fully saturated rings. The normalized spacial score (nSPS) is 11.0. The number of esters is 1. The van der Waals surface area contributed by atoms with Crippen LogP contribution in [0, 0.1) is 0 Å². The van der Waals surface area contributed by atoms with Gasteiger partial charge in [0, 0.05) is 19.2 Å². The van der Waals surface area contributed by atoms with E-state index in [-0.39, 0.29) is 22.1 Å². The van der Waals surface area contributed by atoms with E-state index < -0.39 is 21.9 Å². The van der Waals surface area contributed by atoms with Crippen molar-refractivity contribution >= 4 is 27.8 Å². The van der Waals surface area contributed by atoms with E-state index in [1.807, 2.05) is 4.72 Å². The number of carbonyl (C=O) groups is 3. The maximum atomic E-state index is 12.5. The van der Waals surface area contributed by atoms with Crippen molar-refractivity contribution in [2.75, 3.05) is 13.7 Å². The second-order valence-corrected chi connectivity index (χ2v) is 9.10. The highest BCUT2D eigenvalue weighted by molar-refractivity contribution is 7.90. The predicted octanol–water partition coefficient (Wildman–Crippen LogP) is 2.62. The van der Waals surface area contributed by atoms with Crippen molar-refractivity contribution in [1.82, 2.24) is 15.0 Å². The third-order valence-electron chi connectivity index (χ3n) is 4.87. The number of ether oxygens (including phenoxy) is 1. The number of aromatic nitrogens is 1. The summed E-state index contributed by atoms with van der Waals surface area (Å²) < 4.78 is 31.5. The summed E-state index contributed by atoms with van der Waals surface area (Å²) in [4.78, 5) is 39.2. The molecule has 178 valence electrons. The van der Waals surface area contributed by atoms with E-state index in [2.05, 4.69) is 22.0 Å². The molecule has 0 unspecified atom stereocenters. The minimum atomic E-state index is -4.09. The molecule has 2 amide bonds. The zero-order chi connectivity index (χ0) is 24.3. The van der Waals surface area contributed by atoms with E-state index in [0.717, 1.165) is 37.4 Å². The van der Waals surface area contributed by atoms with Crippen LogP contribution in [0.15, 0.2) is 47.5 Å². The van der Waals surface area contributed by atoms with Crippen LogP contribution in [0.3, 0.4) is 0 Å². The number of pyridine rings is 1. The smallest absolute Gasteiger partial charge is 0.356 e. The summed E-state index contributed by atoms with van der Waals surface area (Å²) in [6.45, 7) is 2.58. The van der Waals surface area contributed by atoms with Gasteiger partial charge in [0.05, 0.1) is 17.6 Å². The Bertz CT molecular complexity index is 1050. The summed E-state index contributed by atoms with van der Waals surface area (Å²) in [6.07, 6.45) is 6.34. The Balaban J connectivity index is 1.87. The highest BCUT2D eigenvalue weighted by Crippen LogP contribution is 2.12. The molecule has 0 radical (unpaired) electrons. The standard InChI is InChI=1S/C23H29N3O6S/c1-3-4-5-6-7-21(27)24-15-14-17-8-11-19(12-9-17)33(30,31)26-22(28)18-10-13-20(25-16-18)23(29)32-2/h8-13,16H,3-7,14-15H2,1-2H3,(H,24,27)(H,26,28). The molecule has 1 heterocycles. The van der Waals surface area contributed by atoms with E-state index in [0.29, 0.717) is 19.4 Å². The average molecular weight is 476 g/mol. The molecule has 10 heteroatoms. The van der Waals surface area contributed by atoms with Gasteiger partial charge in [-0.1, -0.05) is 38.3 Å². The number of hydrogen-bond donors (Lipinski definition) is 2. The molecule has 0 atom stereocenters. The number of amides is 2. The maximum absolute atomic E-state index is 12.5. The topological polar surface area (TPSA) is 132 Å². The molecule has 2 aromatic rings. The van der Waals surface area contributed by atoms with Gasteiger partial charge in [0.25, 0.3) is 15.9 Å². The van der Waals surface area contributed by atoms with Gasteiger partial charge in [-0.3, -0.25) is 9.59 Å². The van der Waals surface area contributed by atoms with Crippen LogP contribution in [0.25, 0.3) is 0 Å². The van der Waals surface area contributed by atoms with Crippen molar-refractivity contribution in [2.24, 2.45) is 0 Å². The summed E-state index contributed by atoms with van der Waals surface area (Å²) in [5.41, 5.74) is 0.836. The molecule has 0 saturated carbocycles. The van der Waals surface area contributed by atoms with Gasteiger partial charge in [-0.05, 0) is 42.7 Å². The van der Waals surface area contributed by atoms with Crippen LogP contribution in [0.5, 0.6) is 0 Å². The van der Waals surface area contributed by atoms with Crippen LogP contribution < -0.4 is 10.0 Å². The minimum absolute atomic E-state index is 0.000166. The number of benzene rings is 1. The summed E-state index contributed by atoms with van der Waals surface area (Å²) in [6, 6.07) is 8.63. The van der Waals surface area contributed by atoms with Crippen LogP contribution in [-0.4, -0.2) is 44.8 Å². The van der Waals surface area contributed by atoms with Crippen molar-refractivity contribution in [1.29, 1.82) is 0 Å². The molecule has 33 heavy (non-hydrogen) atoms. The van der Waals surface area contributed by atoms with Crippen LogP contribution in [0.1, 0.15) is 65.4 Å². The molecular weight excluding hydrogens is 446 g/mol. The van der Waals surface area contributed by atoms with Gasteiger partial charge in [-0.15, -0.1) is 0 Å². The summed E-state index contributed by atoms with van der Waals surface area (Å²) >= 11 is 0. The van der Waals surface area contributed by atoms with E-state index in [1.54, 1.807) is 12.1 Å². The Kier molecular flexibility index (Phi) is 9.99. The quantitative estimate of drug-likeness (QED) is 0.356. The van der Waals surface area contributed by atoms with Gasteiger partial charge in [-0.2, -0.15) is 0 Å².